The third kappa shape index (κ3) is 3.28. The molecule has 1 unspecified atom stereocenters. The number of rotatable bonds is 6. The van der Waals surface area contributed by atoms with Gasteiger partial charge in [-0.2, -0.15) is 9.40 Å². The Morgan fingerprint density at radius 3 is 2.54 bits per heavy atom. The molecule has 1 saturated heterocycles. The average Bonchev–Trinajstić information content (AvgIpc) is 3.25. The second-order valence-corrected chi connectivity index (χ2v) is 8.04. The first-order chi connectivity index (χ1) is 12.4. The number of ether oxygens (including phenoxy) is 1. The Morgan fingerprint density at radius 2 is 1.92 bits per heavy atom. The summed E-state index contributed by atoms with van der Waals surface area (Å²) in [5.41, 5.74) is 1.31. The van der Waals surface area contributed by atoms with Crippen molar-refractivity contribution in [3.8, 4) is 0 Å². The maximum absolute atomic E-state index is 13.3. The van der Waals surface area contributed by atoms with E-state index < -0.39 is 16.1 Å². The minimum Gasteiger partial charge on any atom is -0.422 e. The Bertz CT molecular complexity index is 873. The number of hydrogen-bond acceptors (Lipinski definition) is 7. The second-order valence-electron chi connectivity index (χ2n) is 6.16. The van der Waals surface area contributed by atoms with Crippen molar-refractivity contribution in [2.45, 2.75) is 51.0 Å². The minimum absolute atomic E-state index is 0.148. The first kappa shape index (κ1) is 19.0. The van der Waals surface area contributed by atoms with Gasteiger partial charge in [0.1, 0.15) is 11.0 Å². The van der Waals surface area contributed by atoms with E-state index in [1.165, 1.54) is 4.31 Å². The first-order valence-electron chi connectivity index (χ1n) is 8.91. The number of hydrogen-bond donors (Lipinski definition) is 0. The Labute approximate surface area is 153 Å². The van der Waals surface area contributed by atoms with Crippen LogP contribution in [0.5, 0.6) is 0 Å². The van der Waals surface area contributed by atoms with Crippen molar-refractivity contribution in [1.82, 2.24) is 24.3 Å². The highest BCUT2D eigenvalue weighted by Gasteiger charge is 2.37. The van der Waals surface area contributed by atoms with Gasteiger partial charge in [-0.1, -0.05) is 20.8 Å². The monoisotopic (exact) mass is 383 g/mol. The van der Waals surface area contributed by atoms with Crippen LogP contribution in [-0.4, -0.2) is 52.4 Å². The van der Waals surface area contributed by atoms with E-state index in [2.05, 4.69) is 15.3 Å². The zero-order valence-corrected chi connectivity index (χ0v) is 16.4. The topological polar surface area (TPSA) is 103 Å². The van der Waals surface area contributed by atoms with Crippen LogP contribution in [0.1, 0.15) is 50.0 Å². The van der Waals surface area contributed by atoms with Gasteiger partial charge in [-0.3, -0.25) is 4.68 Å². The molecule has 2 aromatic heterocycles. The van der Waals surface area contributed by atoms with Gasteiger partial charge in [0, 0.05) is 26.6 Å². The lowest BCUT2D eigenvalue weighted by Crippen LogP contribution is -2.42. The summed E-state index contributed by atoms with van der Waals surface area (Å²) >= 11 is 0. The van der Waals surface area contributed by atoms with Crippen molar-refractivity contribution in [3.05, 3.63) is 23.2 Å². The van der Waals surface area contributed by atoms with Crippen molar-refractivity contribution in [3.63, 3.8) is 0 Å². The number of aryl methyl sites for hydroxylation is 3. The second kappa shape index (κ2) is 7.45. The molecule has 3 heterocycles. The molecule has 0 N–H and O–H groups in total. The zero-order chi connectivity index (χ0) is 18.9. The fourth-order valence-corrected chi connectivity index (χ4v) is 5.14. The highest BCUT2D eigenvalue weighted by Crippen LogP contribution is 2.29. The van der Waals surface area contributed by atoms with Gasteiger partial charge in [0.05, 0.1) is 18.0 Å². The largest absolute Gasteiger partial charge is 0.422 e. The van der Waals surface area contributed by atoms with Gasteiger partial charge < -0.3 is 9.15 Å². The summed E-state index contributed by atoms with van der Waals surface area (Å²) in [5, 5.41) is 12.3. The molecule has 2 aromatic rings. The molecular weight excluding hydrogens is 358 g/mol. The van der Waals surface area contributed by atoms with Crippen molar-refractivity contribution in [1.29, 1.82) is 0 Å². The summed E-state index contributed by atoms with van der Waals surface area (Å²) in [6.45, 7) is 6.47. The molecule has 10 heteroatoms. The Hall–Kier alpha value is -1.78. The maximum atomic E-state index is 13.3. The smallest absolute Gasteiger partial charge is 0.246 e. The molecule has 1 aliphatic heterocycles. The van der Waals surface area contributed by atoms with E-state index in [-0.39, 0.29) is 19.7 Å². The first-order valence-corrected chi connectivity index (χ1v) is 10.3. The van der Waals surface area contributed by atoms with Crippen LogP contribution in [0.15, 0.2) is 9.31 Å². The highest BCUT2D eigenvalue weighted by molar-refractivity contribution is 7.89. The van der Waals surface area contributed by atoms with Crippen LogP contribution in [0.3, 0.4) is 0 Å². The van der Waals surface area contributed by atoms with Crippen LogP contribution in [0, 0.1) is 0 Å². The van der Waals surface area contributed by atoms with E-state index in [0.717, 1.165) is 5.69 Å². The summed E-state index contributed by atoms with van der Waals surface area (Å²) in [7, 11) is -1.90. The third-order valence-electron chi connectivity index (χ3n) is 4.54. The zero-order valence-electron chi connectivity index (χ0n) is 15.6. The van der Waals surface area contributed by atoms with E-state index in [1.807, 2.05) is 20.8 Å². The van der Waals surface area contributed by atoms with Crippen LogP contribution >= 0.6 is 0 Å². The van der Waals surface area contributed by atoms with Crippen LogP contribution in [0.25, 0.3) is 0 Å². The molecule has 0 aromatic carbocycles. The molecule has 0 amide bonds. The SMILES string of the molecule is CCc1nnc(C2CN(S(=O)(=O)c3c(CC)nn(C)c3CC)CCO2)o1. The fraction of sp³-hybridized carbons (Fsp3) is 0.688. The highest BCUT2D eigenvalue weighted by atomic mass is 32.2. The molecule has 3 rings (SSSR count). The summed E-state index contributed by atoms with van der Waals surface area (Å²) in [4.78, 5) is 0.324. The summed E-state index contributed by atoms with van der Waals surface area (Å²) < 4.78 is 41.0. The summed E-state index contributed by atoms with van der Waals surface area (Å²) in [6.07, 6.45) is 1.21. The molecule has 0 aliphatic carbocycles. The number of nitrogens with zero attached hydrogens (tertiary/aromatic N) is 5. The summed E-state index contributed by atoms with van der Waals surface area (Å²) in [5.74, 6) is 0.830. The third-order valence-corrected chi connectivity index (χ3v) is 6.54. The molecule has 0 spiro atoms. The Balaban J connectivity index is 1.92. The predicted octanol–water partition coefficient (Wildman–Crippen LogP) is 1.25. The average molecular weight is 383 g/mol. The lowest BCUT2D eigenvalue weighted by atomic mass is 10.2. The van der Waals surface area contributed by atoms with Crippen molar-refractivity contribution >= 4 is 10.0 Å². The van der Waals surface area contributed by atoms with Gasteiger partial charge in [-0.25, -0.2) is 8.42 Å². The standard InChI is InChI=1S/C16H25N5O4S/c1-5-11-15(12(6-2)20(4)19-11)26(22,23)21-8-9-24-13(10-21)16-18-17-14(7-3)25-16/h13H,5-10H2,1-4H3. The molecule has 144 valence electrons. The van der Waals surface area contributed by atoms with Gasteiger partial charge >= 0.3 is 0 Å². The van der Waals surface area contributed by atoms with Gasteiger partial charge in [-0.05, 0) is 12.8 Å². The lowest BCUT2D eigenvalue weighted by Gasteiger charge is -2.30. The molecule has 9 nitrogen and oxygen atoms in total. The molecule has 0 bridgehead atoms. The van der Waals surface area contributed by atoms with E-state index >= 15 is 0 Å². The van der Waals surface area contributed by atoms with E-state index in [1.54, 1.807) is 11.7 Å². The lowest BCUT2D eigenvalue weighted by molar-refractivity contribution is -0.0178. The predicted molar refractivity (Wildman–Crippen MR) is 93.1 cm³/mol. The quantitative estimate of drug-likeness (QED) is 0.739. The minimum atomic E-state index is -3.69. The van der Waals surface area contributed by atoms with Gasteiger partial charge in [0.25, 0.3) is 0 Å². The van der Waals surface area contributed by atoms with Crippen molar-refractivity contribution in [2.24, 2.45) is 7.05 Å². The Kier molecular flexibility index (Phi) is 5.44. The fourth-order valence-electron chi connectivity index (χ4n) is 3.18. The van der Waals surface area contributed by atoms with Gasteiger partial charge in [-0.15, -0.1) is 10.2 Å². The van der Waals surface area contributed by atoms with Crippen LogP contribution in [-0.2, 0) is 41.1 Å². The van der Waals surface area contributed by atoms with Crippen LogP contribution in [0.2, 0.25) is 0 Å². The molecule has 0 radical (unpaired) electrons. The molecule has 0 saturated carbocycles. The van der Waals surface area contributed by atoms with Gasteiger partial charge in [0.2, 0.25) is 21.8 Å². The number of morpholine rings is 1. The van der Waals surface area contributed by atoms with Crippen molar-refractivity contribution in [2.75, 3.05) is 19.7 Å². The molecule has 26 heavy (non-hydrogen) atoms. The molecule has 1 aliphatic rings. The van der Waals surface area contributed by atoms with E-state index in [9.17, 15) is 8.42 Å². The van der Waals surface area contributed by atoms with Crippen LogP contribution in [0.4, 0.5) is 0 Å². The van der Waals surface area contributed by atoms with Crippen LogP contribution < -0.4 is 0 Å². The molecule has 1 atom stereocenters. The van der Waals surface area contributed by atoms with E-state index in [0.29, 0.717) is 41.6 Å². The van der Waals surface area contributed by atoms with Gasteiger partial charge in [0.15, 0.2) is 0 Å². The number of aromatic nitrogens is 4. The Morgan fingerprint density at radius 1 is 1.15 bits per heavy atom. The summed E-state index contributed by atoms with van der Waals surface area (Å²) in [6, 6.07) is 0. The maximum Gasteiger partial charge on any atom is 0.246 e. The number of sulfonamides is 1. The van der Waals surface area contributed by atoms with Crippen molar-refractivity contribution < 1.29 is 17.6 Å². The molecule has 1 fully saturated rings. The van der Waals surface area contributed by atoms with E-state index in [4.69, 9.17) is 9.15 Å². The molecular formula is C16H25N5O4S. The normalized spacial score (nSPS) is 19.2.